The van der Waals surface area contributed by atoms with Crippen LogP contribution in [0, 0.1) is 29.0 Å². The Bertz CT molecular complexity index is 740. The summed E-state index contributed by atoms with van der Waals surface area (Å²) in [6.45, 7) is 7.71. The van der Waals surface area contributed by atoms with Gasteiger partial charge in [-0.2, -0.15) is 5.26 Å². The first kappa shape index (κ1) is 17.7. The van der Waals surface area contributed by atoms with E-state index in [2.05, 4.69) is 11.4 Å². The van der Waals surface area contributed by atoms with Crippen molar-refractivity contribution in [3.05, 3.63) is 52.5 Å². The summed E-state index contributed by atoms with van der Waals surface area (Å²) in [6, 6.07) is 8.12. The van der Waals surface area contributed by atoms with E-state index in [1.165, 1.54) is 12.1 Å². The first-order valence-electron chi connectivity index (χ1n) is 7.95. The molecular formula is C19H21FN2O2. The van der Waals surface area contributed by atoms with Gasteiger partial charge in [-0.25, -0.2) is 9.18 Å². The molecule has 0 bridgehead atoms. The van der Waals surface area contributed by atoms with Crippen molar-refractivity contribution in [2.75, 3.05) is 6.61 Å². The molecule has 0 saturated carbocycles. The molecule has 1 aliphatic heterocycles. The molecule has 0 spiro atoms. The maximum absolute atomic E-state index is 13.2. The molecule has 0 amide bonds. The number of nitriles is 1. The second kappa shape index (κ2) is 7.31. The number of nitrogens with zero attached hydrogens (tertiary/aromatic N) is 1. The third-order valence-electron chi connectivity index (χ3n) is 4.02. The van der Waals surface area contributed by atoms with Gasteiger partial charge in [0.15, 0.2) is 0 Å². The summed E-state index contributed by atoms with van der Waals surface area (Å²) in [5.74, 6) is -1.14. The Morgan fingerprint density at radius 3 is 2.50 bits per heavy atom. The Balaban J connectivity index is 2.67. The molecule has 4 nitrogen and oxygen atoms in total. The number of carbonyl (C=O) groups excluding carboxylic acids is 1. The zero-order valence-corrected chi connectivity index (χ0v) is 14.3. The van der Waals surface area contributed by atoms with Crippen molar-refractivity contribution in [2.45, 2.75) is 27.7 Å². The van der Waals surface area contributed by atoms with Gasteiger partial charge in [-0.15, -0.1) is 0 Å². The zero-order chi connectivity index (χ0) is 17.9. The number of nitrogens with one attached hydrogen (secondary N) is 1. The van der Waals surface area contributed by atoms with E-state index in [0.29, 0.717) is 28.1 Å². The van der Waals surface area contributed by atoms with Crippen molar-refractivity contribution in [3.8, 4) is 6.07 Å². The van der Waals surface area contributed by atoms with Gasteiger partial charge in [0.2, 0.25) is 0 Å². The third-order valence-corrected chi connectivity index (χ3v) is 4.02. The molecular weight excluding hydrogens is 307 g/mol. The van der Waals surface area contributed by atoms with Gasteiger partial charge in [0.05, 0.1) is 29.5 Å². The van der Waals surface area contributed by atoms with Gasteiger partial charge in [0.1, 0.15) is 5.82 Å². The van der Waals surface area contributed by atoms with Gasteiger partial charge < -0.3 is 10.1 Å². The Morgan fingerprint density at radius 2 is 2.00 bits per heavy atom. The summed E-state index contributed by atoms with van der Waals surface area (Å²) in [6.07, 6.45) is 0. The number of halogens is 1. The van der Waals surface area contributed by atoms with E-state index < -0.39 is 5.97 Å². The molecule has 1 unspecified atom stereocenters. The van der Waals surface area contributed by atoms with Crippen molar-refractivity contribution in [1.29, 1.82) is 5.26 Å². The Labute approximate surface area is 141 Å². The molecule has 0 aliphatic carbocycles. The molecule has 1 aromatic rings. The lowest BCUT2D eigenvalue weighted by Gasteiger charge is -2.31. The van der Waals surface area contributed by atoms with E-state index in [9.17, 15) is 14.4 Å². The fourth-order valence-electron chi connectivity index (χ4n) is 2.96. The number of dihydropyridines is 1. The van der Waals surface area contributed by atoms with Crippen molar-refractivity contribution < 1.29 is 13.9 Å². The van der Waals surface area contributed by atoms with Crippen LogP contribution in [0.5, 0.6) is 0 Å². The molecule has 1 heterocycles. The second-order valence-electron chi connectivity index (χ2n) is 6.01. The third kappa shape index (κ3) is 3.33. The molecule has 2 rings (SSSR count). The number of hydrogen-bond donors (Lipinski definition) is 1. The number of ether oxygens (including phenoxy) is 1. The molecule has 0 fully saturated rings. The van der Waals surface area contributed by atoms with Gasteiger partial charge >= 0.3 is 5.97 Å². The number of rotatable bonds is 4. The standard InChI is InChI=1S/C19H21FN2O2/c1-5-24-19(23)17-16(11(2)3)15(10-21)12(4)22-18(17)13-6-8-14(20)9-7-13/h6-9,11,16,22H,5H2,1-4H3. The molecule has 0 aromatic heterocycles. The maximum Gasteiger partial charge on any atom is 0.336 e. The van der Waals surface area contributed by atoms with Gasteiger partial charge in [0.25, 0.3) is 0 Å². The molecule has 5 heteroatoms. The monoisotopic (exact) mass is 328 g/mol. The highest BCUT2D eigenvalue weighted by molar-refractivity contribution is 5.99. The van der Waals surface area contributed by atoms with E-state index in [4.69, 9.17) is 4.74 Å². The summed E-state index contributed by atoms with van der Waals surface area (Å²) in [7, 11) is 0. The smallest absolute Gasteiger partial charge is 0.336 e. The van der Waals surface area contributed by atoms with Gasteiger partial charge in [-0.05, 0) is 49.6 Å². The maximum atomic E-state index is 13.2. The van der Waals surface area contributed by atoms with E-state index >= 15 is 0 Å². The van der Waals surface area contributed by atoms with Crippen LogP contribution in [0.2, 0.25) is 0 Å². The normalized spacial score (nSPS) is 17.6. The Hall–Kier alpha value is -2.61. The van der Waals surface area contributed by atoms with Crippen molar-refractivity contribution in [2.24, 2.45) is 11.8 Å². The number of hydrogen-bond acceptors (Lipinski definition) is 4. The molecule has 1 aromatic carbocycles. The lowest BCUT2D eigenvalue weighted by atomic mass is 9.77. The first-order valence-corrected chi connectivity index (χ1v) is 7.95. The van der Waals surface area contributed by atoms with E-state index in [1.807, 2.05) is 13.8 Å². The van der Waals surface area contributed by atoms with Gasteiger partial charge in [-0.3, -0.25) is 0 Å². The fraction of sp³-hybridized carbons (Fsp3) is 0.368. The summed E-state index contributed by atoms with van der Waals surface area (Å²) < 4.78 is 18.5. The summed E-state index contributed by atoms with van der Waals surface area (Å²) in [4.78, 5) is 12.6. The van der Waals surface area contributed by atoms with Crippen molar-refractivity contribution in [1.82, 2.24) is 5.32 Å². The molecule has 24 heavy (non-hydrogen) atoms. The van der Waals surface area contributed by atoms with E-state index in [1.54, 1.807) is 26.0 Å². The lowest BCUT2D eigenvalue weighted by Crippen LogP contribution is -2.32. The van der Waals surface area contributed by atoms with Gasteiger partial charge in [-0.1, -0.05) is 13.8 Å². The minimum absolute atomic E-state index is 0.0338. The van der Waals surface area contributed by atoms with Gasteiger partial charge in [0, 0.05) is 11.6 Å². The van der Waals surface area contributed by atoms with Crippen molar-refractivity contribution >= 4 is 11.7 Å². The summed E-state index contributed by atoms with van der Waals surface area (Å²) in [5, 5.41) is 12.7. The van der Waals surface area contributed by atoms with Crippen LogP contribution in [0.1, 0.15) is 33.3 Å². The molecule has 0 radical (unpaired) electrons. The number of allylic oxidation sites excluding steroid dienone is 2. The molecule has 1 N–H and O–H groups in total. The molecule has 0 saturated heterocycles. The molecule has 126 valence electrons. The topological polar surface area (TPSA) is 62.1 Å². The second-order valence-corrected chi connectivity index (χ2v) is 6.01. The van der Waals surface area contributed by atoms with Crippen LogP contribution in [0.25, 0.3) is 5.70 Å². The minimum Gasteiger partial charge on any atom is -0.463 e. The first-order chi connectivity index (χ1) is 11.4. The largest absolute Gasteiger partial charge is 0.463 e. The fourth-order valence-corrected chi connectivity index (χ4v) is 2.96. The average molecular weight is 328 g/mol. The summed E-state index contributed by atoms with van der Waals surface area (Å²) >= 11 is 0. The van der Waals surface area contributed by atoms with E-state index in [0.717, 1.165) is 0 Å². The number of esters is 1. The number of carbonyl (C=O) groups is 1. The van der Waals surface area contributed by atoms with Crippen LogP contribution >= 0.6 is 0 Å². The summed E-state index contributed by atoms with van der Waals surface area (Å²) in [5.41, 5.74) is 2.90. The lowest BCUT2D eigenvalue weighted by molar-refractivity contribution is -0.139. The van der Waals surface area contributed by atoms with Crippen LogP contribution in [-0.2, 0) is 9.53 Å². The minimum atomic E-state index is -0.455. The highest BCUT2D eigenvalue weighted by atomic mass is 19.1. The number of benzene rings is 1. The predicted molar refractivity (Wildman–Crippen MR) is 89.7 cm³/mol. The Morgan fingerprint density at radius 1 is 1.38 bits per heavy atom. The van der Waals surface area contributed by atoms with Crippen LogP contribution in [0.15, 0.2) is 41.1 Å². The Kier molecular flexibility index (Phi) is 5.40. The van der Waals surface area contributed by atoms with Crippen LogP contribution in [-0.4, -0.2) is 12.6 Å². The quantitative estimate of drug-likeness (QED) is 0.855. The zero-order valence-electron chi connectivity index (χ0n) is 14.3. The highest BCUT2D eigenvalue weighted by Crippen LogP contribution is 2.38. The van der Waals surface area contributed by atoms with E-state index in [-0.39, 0.29) is 24.3 Å². The van der Waals surface area contributed by atoms with Crippen LogP contribution in [0.4, 0.5) is 4.39 Å². The van der Waals surface area contributed by atoms with Crippen LogP contribution in [0.3, 0.4) is 0 Å². The predicted octanol–water partition coefficient (Wildman–Crippen LogP) is 3.77. The highest BCUT2D eigenvalue weighted by Gasteiger charge is 2.36. The average Bonchev–Trinajstić information content (AvgIpc) is 2.54. The molecule has 1 aliphatic rings. The van der Waals surface area contributed by atoms with Crippen LogP contribution < -0.4 is 5.32 Å². The SMILES string of the molecule is CCOC(=O)C1=C(c2ccc(F)cc2)NC(C)=C(C#N)C1C(C)C. The molecule has 1 atom stereocenters. The van der Waals surface area contributed by atoms with Crippen molar-refractivity contribution in [3.63, 3.8) is 0 Å².